The number of hydrogen-bond donors (Lipinski definition) is 1. The first kappa shape index (κ1) is 13.9. The van der Waals surface area contributed by atoms with Gasteiger partial charge >= 0.3 is 0 Å². The summed E-state index contributed by atoms with van der Waals surface area (Å²) in [6, 6.07) is 3.68. The molecular weight excluding hydrogens is 283 g/mol. The van der Waals surface area contributed by atoms with Crippen LogP contribution in [0.25, 0.3) is 11.0 Å². The summed E-state index contributed by atoms with van der Waals surface area (Å²) in [7, 11) is -1.65. The molecule has 1 aromatic heterocycles. The van der Waals surface area contributed by atoms with Gasteiger partial charge in [-0.3, -0.25) is 0 Å². The van der Waals surface area contributed by atoms with Crippen molar-refractivity contribution in [1.82, 2.24) is 9.97 Å². The Morgan fingerprint density at radius 1 is 1.11 bits per heavy atom. The first-order valence-corrected chi connectivity index (χ1v) is 9.74. The average molecular weight is 301 g/mol. The third kappa shape index (κ3) is 2.19. The molecular formula is C13H18Cl2N2Si. The number of rotatable bonds is 1. The molecule has 2 rings (SSSR count). The highest BCUT2D eigenvalue weighted by atomic mass is 35.5. The fraction of sp³-hybridized carbons (Fsp3) is 0.462. The van der Waals surface area contributed by atoms with Crippen molar-refractivity contribution in [3.05, 3.63) is 22.2 Å². The summed E-state index contributed by atoms with van der Waals surface area (Å²) in [6.07, 6.45) is 0. The van der Waals surface area contributed by atoms with Crippen molar-refractivity contribution in [2.24, 2.45) is 0 Å². The molecule has 1 N–H and O–H groups in total. The summed E-state index contributed by atoms with van der Waals surface area (Å²) in [5, 5.41) is 1.36. The molecule has 0 aliphatic carbocycles. The first-order valence-electron chi connectivity index (χ1n) is 5.98. The quantitative estimate of drug-likeness (QED) is 0.767. The lowest BCUT2D eigenvalue weighted by atomic mass is 10.2. The number of fused-ring (bicyclic) bond motifs is 1. The van der Waals surface area contributed by atoms with Crippen LogP contribution in [0.5, 0.6) is 0 Å². The van der Waals surface area contributed by atoms with Crippen molar-refractivity contribution < 1.29 is 0 Å². The lowest BCUT2D eigenvalue weighted by Gasteiger charge is -2.34. The van der Waals surface area contributed by atoms with E-state index in [0.29, 0.717) is 10.0 Å². The van der Waals surface area contributed by atoms with Crippen LogP contribution in [0.1, 0.15) is 20.8 Å². The minimum atomic E-state index is -1.65. The highest BCUT2D eigenvalue weighted by molar-refractivity contribution is 6.91. The zero-order valence-electron chi connectivity index (χ0n) is 11.4. The van der Waals surface area contributed by atoms with Crippen LogP contribution in [-0.2, 0) is 0 Å². The van der Waals surface area contributed by atoms with Gasteiger partial charge in [0.1, 0.15) is 8.07 Å². The van der Waals surface area contributed by atoms with Crippen molar-refractivity contribution in [3.63, 3.8) is 0 Å². The van der Waals surface area contributed by atoms with Gasteiger partial charge in [-0.05, 0) is 17.2 Å². The molecule has 0 unspecified atom stereocenters. The van der Waals surface area contributed by atoms with E-state index < -0.39 is 8.07 Å². The van der Waals surface area contributed by atoms with Gasteiger partial charge in [0.2, 0.25) is 0 Å². The second-order valence-corrected chi connectivity index (χ2v) is 12.3. The Morgan fingerprint density at radius 3 is 2.22 bits per heavy atom. The van der Waals surface area contributed by atoms with Crippen LogP contribution in [-0.4, -0.2) is 18.0 Å². The lowest BCUT2D eigenvalue weighted by Crippen LogP contribution is -2.51. The largest absolute Gasteiger partial charge is 0.346 e. The van der Waals surface area contributed by atoms with E-state index in [1.807, 2.05) is 12.1 Å². The molecule has 0 radical (unpaired) electrons. The monoisotopic (exact) mass is 300 g/mol. The number of imidazole rings is 1. The number of H-pyrrole nitrogens is 1. The molecule has 5 heteroatoms. The molecule has 98 valence electrons. The van der Waals surface area contributed by atoms with Crippen molar-refractivity contribution in [3.8, 4) is 0 Å². The van der Waals surface area contributed by atoms with E-state index in [1.165, 1.54) is 0 Å². The van der Waals surface area contributed by atoms with E-state index in [2.05, 4.69) is 38.8 Å². The number of nitrogens with zero attached hydrogens (tertiary/aromatic N) is 1. The number of nitrogens with one attached hydrogen (secondary N) is 1. The maximum atomic E-state index is 6.03. The Kier molecular flexibility index (Phi) is 3.29. The topological polar surface area (TPSA) is 28.7 Å². The third-order valence-electron chi connectivity index (χ3n) is 3.99. The number of benzene rings is 1. The molecule has 0 aliphatic heterocycles. The second-order valence-electron chi connectivity index (χ2n) is 6.24. The van der Waals surface area contributed by atoms with E-state index >= 15 is 0 Å². The fourth-order valence-corrected chi connectivity index (χ4v) is 3.54. The summed E-state index contributed by atoms with van der Waals surface area (Å²) >= 11 is 12.1. The van der Waals surface area contributed by atoms with E-state index in [9.17, 15) is 0 Å². The molecule has 0 aliphatic rings. The smallest absolute Gasteiger partial charge is 0.131 e. The summed E-state index contributed by atoms with van der Waals surface area (Å²) in [5.74, 6) is 0. The van der Waals surface area contributed by atoms with E-state index in [4.69, 9.17) is 28.2 Å². The van der Waals surface area contributed by atoms with Gasteiger partial charge in [-0.25, -0.2) is 4.98 Å². The maximum absolute atomic E-state index is 6.03. The zero-order valence-corrected chi connectivity index (χ0v) is 13.9. The van der Waals surface area contributed by atoms with Crippen LogP contribution in [0.2, 0.25) is 28.2 Å². The third-order valence-corrected chi connectivity index (χ3v) is 9.88. The summed E-state index contributed by atoms with van der Waals surface area (Å²) in [5.41, 5.74) is 2.96. The summed E-state index contributed by atoms with van der Waals surface area (Å²) in [6.45, 7) is 11.5. The standard InChI is InChI=1S/C13H18Cl2N2Si/c1-13(2,3)18(4,5)12-16-10-6-8(14)9(15)7-11(10)17-12/h6-7H,1-5H3,(H,16,17). The molecule has 1 aromatic carbocycles. The number of halogens is 2. The van der Waals surface area contributed by atoms with Crippen LogP contribution in [0.15, 0.2) is 12.1 Å². The Morgan fingerprint density at radius 2 is 1.67 bits per heavy atom. The van der Waals surface area contributed by atoms with Crippen LogP contribution < -0.4 is 5.45 Å². The van der Waals surface area contributed by atoms with Gasteiger partial charge in [0.15, 0.2) is 0 Å². The SMILES string of the molecule is CC(C)(C)[Si](C)(C)c1nc2cc(Cl)c(Cl)cc2[nH]1. The summed E-state index contributed by atoms with van der Waals surface area (Å²) in [4.78, 5) is 8.13. The van der Waals surface area contributed by atoms with Gasteiger partial charge in [-0.1, -0.05) is 57.1 Å². The van der Waals surface area contributed by atoms with Crippen molar-refractivity contribution in [2.45, 2.75) is 38.9 Å². The molecule has 0 spiro atoms. The van der Waals surface area contributed by atoms with E-state index in [-0.39, 0.29) is 5.04 Å². The normalized spacial score (nSPS) is 13.3. The van der Waals surface area contributed by atoms with Crippen LogP contribution in [0.4, 0.5) is 0 Å². The second kappa shape index (κ2) is 4.25. The van der Waals surface area contributed by atoms with Crippen molar-refractivity contribution in [1.29, 1.82) is 0 Å². The predicted molar refractivity (Wildman–Crippen MR) is 82.9 cm³/mol. The molecule has 0 bridgehead atoms. The fourth-order valence-electron chi connectivity index (χ4n) is 1.66. The lowest BCUT2D eigenvalue weighted by molar-refractivity contribution is 0.727. The van der Waals surface area contributed by atoms with Crippen LogP contribution >= 0.6 is 23.2 Å². The van der Waals surface area contributed by atoms with Crippen LogP contribution in [0.3, 0.4) is 0 Å². The highest BCUT2D eigenvalue weighted by Crippen LogP contribution is 2.35. The van der Waals surface area contributed by atoms with Crippen LogP contribution in [0, 0.1) is 0 Å². The first-order chi connectivity index (χ1) is 8.13. The summed E-state index contributed by atoms with van der Waals surface area (Å²) < 4.78 is 0. The predicted octanol–water partition coefficient (Wildman–Crippen LogP) is 4.59. The highest BCUT2D eigenvalue weighted by Gasteiger charge is 2.39. The number of aromatic amines is 1. The van der Waals surface area contributed by atoms with Gasteiger partial charge in [0.25, 0.3) is 0 Å². The van der Waals surface area contributed by atoms with E-state index in [1.54, 1.807) is 0 Å². The van der Waals surface area contributed by atoms with Crippen molar-refractivity contribution in [2.75, 3.05) is 0 Å². The molecule has 0 amide bonds. The Bertz CT molecular complexity index is 558. The van der Waals surface area contributed by atoms with Gasteiger partial charge in [-0.15, -0.1) is 0 Å². The maximum Gasteiger partial charge on any atom is 0.131 e. The molecule has 18 heavy (non-hydrogen) atoms. The molecule has 0 atom stereocenters. The number of hydrogen-bond acceptors (Lipinski definition) is 1. The molecule has 0 fully saturated rings. The van der Waals surface area contributed by atoms with Gasteiger partial charge in [0.05, 0.1) is 26.5 Å². The average Bonchev–Trinajstić information content (AvgIpc) is 2.60. The number of aromatic nitrogens is 2. The Labute approximate surface area is 119 Å². The molecule has 2 aromatic rings. The van der Waals surface area contributed by atoms with Crippen molar-refractivity contribution >= 4 is 47.8 Å². The molecule has 0 saturated carbocycles. The van der Waals surface area contributed by atoms with Gasteiger partial charge in [-0.2, -0.15) is 0 Å². The zero-order chi connectivity index (χ0) is 13.7. The van der Waals surface area contributed by atoms with E-state index in [0.717, 1.165) is 16.5 Å². The molecule has 2 nitrogen and oxygen atoms in total. The van der Waals surface area contributed by atoms with Gasteiger partial charge in [0, 0.05) is 0 Å². The van der Waals surface area contributed by atoms with Gasteiger partial charge < -0.3 is 4.98 Å². The minimum Gasteiger partial charge on any atom is -0.346 e. The Balaban J connectivity index is 2.61. The molecule has 0 saturated heterocycles. The molecule has 1 heterocycles. The minimum absolute atomic E-state index is 0.245. The Hall–Kier alpha value is -0.513.